The van der Waals surface area contributed by atoms with Crippen molar-refractivity contribution < 1.29 is 4.74 Å². The minimum Gasteiger partial charge on any atom is -0.497 e. The summed E-state index contributed by atoms with van der Waals surface area (Å²) in [5.74, 6) is 0.830. The molecule has 0 saturated heterocycles. The maximum atomic E-state index is 9.36. The van der Waals surface area contributed by atoms with Crippen molar-refractivity contribution in [1.29, 1.82) is 5.26 Å². The predicted octanol–water partition coefficient (Wildman–Crippen LogP) is 4.08. The number of nitrogens with zero attached hydrogens (tertiary/aromatic N) is 2. The molecule has 106 valence electrons. The Morgan fingerprint density at radius 2 is 2.24 bits per heavy atom. The second-order valence-electron chi connectivity index (χ2n) is 4.91. The average molecular weight is 278 g/mol. The first-order valence-electron chi connectivity index (χ1n) is 6.77. The van der Waals surface area contributed by atoms with Crippen molar-refractivity contribution >= 4 is 12.3 Å². The van der Waals surface area contributed by atoms with Gasteiger partial charge in [-0.3, -0.25) is 4.99 Å². The van der Waals surface area contributed by atoms with Crippen LogP contribution >= 0.6 is 0 Å². The van der Waals surface area contributed by atoms with Gasteiger partial charge >= 0.3 is 0 Å². The van der Waals surface area contributed by atoms with E-state index in [0.29, 0.717) is 11.3 Å². The quantitative estimate of drug-likeness (QED) is 0.473. The fourth-order valence-corrected chi connectivity index (χ4v) is 2.38. The molecular weight excluding hydrogens is 260 g/mol. The number of fused-ring (bicyclic) bond motifs is 1. The molecule has 1 aromatic rings. The van der Waals surface area contributed by atoms with Crippen molar-refractivity contribution in [2.75, 3.05) is 7.11 Å². The van der Waals surface area contributed by atoms with Gasteiger partial charge in [0.2, 0.25) is 0 Å². The van der Waals surface area contributed by atoms with E-state index in [2.05, 4.69) is 29.8 Å². The van der Waals surface area contributed by atoms with Crippen molar-refractivity contribution in [2.24, 2.45) is 4.99 Å². The number of allylic oxidation sites excluding steroid dienone is 3. The topological polar surface area (TPSA) is 45.4 Å². The zero-order valence-electron chi connectivity index (χ0n) is 12.6. The molecule has 0 radical (unpaired) electrons. The van der Waals surface area contributed by atoms with Crippen molar-refractivity contribution in [3.63, 3.8) is 0 Å². The van der Waals surface area contributed by atoms with Gasteiger partial charge in [-0.1, -0.05) is 12.6 Å². The molecule has 3 nitrogen and oxygen atoms in total. The Hall–Kier alpha value is -2.60. The Balaban J connectivity index is 2.51. The van der Waals surface area contributed by atoms with E-state index in [1.807, 2.05) is 26.0 Å². The van der Waals surface area contributed by atoms with E-state index in [-0.39, 0.29) is 0 Å². The highest BCUT2D eigenvalue weighted by Gasteiger charge is 2.19. The summed E-state index contributed by atoms with van der Waals surface area (Å²) in [6.45, 7) is 7.55. The molecule has 0 atom stereocenters. The van der Waals surface area contributed by atoms with Gasteiger partial charge in [-0.05, 0) is 54.3 Å². The zero-order chi connectivity index (χ0) is 15.4. The van der Waals surface area contributed by atoms with E-state index < -0.39 is 0 Å². The molecule has 0 unspecified atom stereocenters. The van der Waals surface area contributed by atoms with Crippen LogP contribution in [0.5, 0.6) is 5.75 Å². The van der Waals surface area contributed by atoms with Gasteiger partial charge in [0.05, 0.1) is 18.4 Å². The minimum absolute atomic E-state index is 0.541. The molecule has 0 N–H and O–H groups in total. The fraction of sp³-hybridized carbons (Fsp3) is 0.222. The van der Waals surface area contributed by atoms with Gasteiger partial charge in [-0.25, -0.2) is 0 Å². The first-order chi connectivity index (χ1) is 10.1. The Kier molecular flexibility index (Phi) is 4.39. The minimum atomic E-state index is 0.541. The second kappa shape index (κ2) is 6.23. The molecule has 1 aromatic carbocycles. The monoisotopic (exact) mass is 278 g/mol. The Morgan fingerprint density at radius 3 is 2.81 bits per heavy atom. The lowest BCUT2D eigenvalue weighted by atomic mass is 10.0. The third-order valence-electron chi connectivity index (χ3n) is 3.40. The van der Waals surface area contributed by atoms with Crippen LogP contribution in [0.15, 0.2) is 52.2 Å². The predicted molar refractivity (Wildman–Crippen MR) is 86.3 cm³/mol. The SMILES string of the molecule is C=C(C)/C(C#N)=C(\N=C/C)C1=Cc2cc(OC)ccc2C1. The normalized spacial score (nSPS) is 14.3. The number of hydrogen-bond donors (Lipinski definition) is 0. The Bertz CT molecular complexity index is 715. The van der Waals surface area contributed by atoms with Crippen molar-refractivity contribution in [3.8, 4) is 11.8 Å². The highest BCUT2D eigenvalue weighted by Crippen LogP contribution is 2.34. The largest absolute Gasteiger partial charge is 0.497 e. The lowest BCUT2D eigenvalue weighted by Crippen LogP contribution is -1.95. The molecule has 0 bridgehead atoms. The van der Waals surface area contributed by atoms with Gasteiger partial charge in [-0.2, -0.15) is 5.26 Å². The first-order valence-corrected chi connectivity index (χ1v) is 6.77. The number of nitriles is 1. The number of ether oxygens (including phenoxy) is 1. The van der Waals surface area contributed by atoms with E-state index in [1.54, 1.807) is 13.3 Å². The molecule has 0 spiro atoms. The number of benzene rings is 1. The van der Waals surface area contributed by atoms with Crippen LogP contribution in [0.25, 0.3) is 6.08 Å². The molecule has 0 aliphatic heterocycles. The summed E-state index contributed by atoms with van der Waals surface area (Å²) in [7, 11) is 1.66. The Morgan fingerprint density at radius 1 is 1.48 bits per heavy atom. The van der Waals surface area contributed by atoms with Gasteiger partial charge in [-0.15, -0.1) is 0 Å². The summed E-state index contributed by atoms with van der Waals surface area (Å²) in [6.07, 6.45) is 4.55. The fourth-order valence-electron chi connectivity index (χ4n) is 2.38. The molecule has 0 aromatic heterocycles. The third kappa shape index (κ3) is 2.95. The molecule has 3 heteroatoms. The second-order valence-corrected chi connectivity index (χ2v) is 4.91. The van der Waals surface area contributed by atoms with Crippen molar-refractivity contribution in [2.45, 2.75) is 20.3 Å². The summed E-state index contributed by atoms with van der Waals surface area (Å²) < 4.78 is 5.25. The summed E-state index contributed by atoms with van der Waals surface area (Å²) >= 11 is 0. The number of rotatable bonds is 4. The molecular formula is C18H18N2O. The van der Waals surface area contributed by atoms with Crippen LogP contribution in [0.2, 0.25) is 0 Å². The van der Waals surface area contributed by atoms with E-state index in [0.717, 1.165) is 28.9 Å². The van der Waals surface area contributed by atoms with Crippen LogP contribution in [0.1, 0.15) is 25.0 Å². The molecule has 1 aliphatic carbocycles. The number of aliphatic imine (C=N–C) groups is 1. The average Bonchev–Trinajstić information content (AvgIpc) is 2.89. The van der Waals surface area contributed by atoms with Crippen LogP contribution in [-0.4, -0.2) is 13.3 Å². The van der Waals surface area contributed by atoms with Crippen molar-refractivity contribution in [3.05, 3.63) is 58.3 Å². The molecule has 0 heterocycles. The summed E-state index contributed by atoms with van der Waals surface area (Å²) in [6, 6.07) is 8.22. The molecule has 0 amide bonds. The van der Waals surface area contributed by atoms with Crippen LogP contribution in [-0.2, 0) is 6.42 Å². The van der Waals surface area contributed by atoms with Crippen LogP contribution in [0.4, 0.5) is 0 Å². The highest BCUT2D eigenvalue weighted by atomic mass is 16.5. The van der Waals surface area contributed by atoms with Crippen LogP contribution in [0, 0.1) is 11.3 Å². The van der Waals surface area contributed by atoms with Gasteiger partial charge < -0.3 is 4.74 Å². The van der Waals surface area contributed by atoms with Gasteiger partial charge in [0.25, 0.3) is 0 Å². The smallest absolute Gasteiger partial charge is 0.119 e. The number of hydrogen-bond acceptors (Lipinski definition) is 3. The third-order valence-corrected chi connectivity index (χ3v) is 3.40. The van der Waals surface area contributed by atoms with Crippen LogP contribution in [0.3, 0.4) is 0 Å². The van der Waals surface area contributed by atoms with Gasteiger partial charge in [0.15, 0.2) is 0 Å². The zero-order valence-corrected chi connectivity index (χ0v) is 12.6. The summed E-state index contributed by atoms with van der Waals surface area (Å²) in [5.41, 5.74) is 5.35. The maximum absolute atomic E-state index is 9.36. The first kappa shape index (κ1) is 14.8. The maximum Gasteiger partial charge on any atom is 0.119 e. The Labute approximate surface area is 125 Å². The van der Waals surface area contributed by atoms with E-state index in [9.17, 15) is 5.26 Å². The summed E-state index contributed by atoms with van der Waals surface area (Å²) in [5, 5.41) is 9.36. The standard InChI is InChI=1S/C18H18N2O/c1-5-20-18(17(11-19)12(2)3)15-8-13-6-7-16(21-4)10-14(13)9-15/h5-7,9-10H,2,8H2,1,3-4H3/b18-17-,20-5-. The molecule has 1 aliphatic rings. The molecule has 0 saturated carbocycles. The molecule has 21 heavy (non-hydrogen) atoms. The molecule has 0 fully saturated rings. The lowest BCUT2D eigenvalue weighted by molar-refractivity contribution is 0.414. The van der Waals surface area contributed by atoms with E-state index in [1.165, 1.54) is 5.56 Å². The van der Waals surface area contributed by atoms with E-state index >= 15 is 0 Å². The lowest BCUT2D eigenvalue weighted by Gasteiger charge is -2.07. The number of methoxy groups -OCH3 is 1. The van der Waals surface area contributed by atoms with E-state index in [4.69, 9.17) is 4.74 Å². The summed E-state index contributed by atoms with van der Waals surface area (Å²) in [4.78, 5) is 4.40. The van der Waals surface area contributed by atoms with Crippen molar-refractivity contribution in [1.82, 2.24) is 0 Å². The molecule has 2 rings (SSSR count). The van der Waals surface area contributed by atoms with Gasteiger partial charge in [0.1, 0.15) is 11.8 Å². The van der Waals surface area contributed by atoms with Gasteiger partial charge in [0, 0.05) is 12.6 Å². The van der Waals surface area contributed by atoms with Crippen LogP contribution < -0.4 is 4.74 Å². The highest BCUT2D eigenvalue weighted by molar-refractivity contribution is 5.73.